The molecule has 3 N–H and O–H groups in total. The topological polar surface area (TPSA) is 50.9 Å². The third kappa shape index (κ3) is 4.44. The molecule has 0 spiro atoms. The van der Waals surface area contributed by atoms with Gasteiger partial charge in [-0.25, -0.2) is 0 Å². The Balaban J connectivity index is 1.88. The van der Waals surface area contributed by atoms with Crippen molar-refractivity contribution in [3.8, 4) is 0 Å². The minimum atomic E-state index is 0.302. The molecule has 2 aromatic rings. The van der Waals surface area contributed by atoms with Gasteiger partial charge in [-0.05, 0) is 54.5 Å². The third-order valence-corrected chi connectivity index (χ3v) is 3.68. The minimum Gasteiger partial charge on any atom is -0.271 e. The van der Waals surface area contributed by atoms with Crippen LogP contribution in [0.4, 0.5) is 0 Å². The first-order valence-corrected chi connectivity index (χ1v) is 7.24. The van der Waals surface area contributed by atoms with E-state index in [4.69, 9.17) is 5.84 Å². The second-order valence-corrected chi connectivity index (χ2v) is 5.13. The lowest BCUT2D eigenvalue weighted by Crippen LogP contribution is -2.37. The Bertz CT molecular complexity index is 493. The molecule has 0 saturated heterocycles. The normalized spacial score (nSPS) is 12.3. The van der Waals surface area contributed by atoms with Crippen molar-refractivity contribution in [2.45, 2.75) is 38.6 Å². The van der Waals surface area contributed by atoms with Crippen LogP contribution in [0.3, 0.4) is 0 Å². The molecule has 0 amide bonds. The number of aromatic nitrogens is 1. The summed E-state index contributed by atoms with van der Waals surface area (Å²) in [5.74, 6) is 5.68. The van der Waals surface area contributed by atoms with Crippen LogP contribution in [0.1, 0.15) is 30.0 Å². The van der Waals surface area contributed by atoms with Crippen molar-refractivity contribution in [2.75, 3.05) is 0 Å². The lowest BCUT2D eigenvalue weighted by Gasteiger charge is -2.16. The van der Waals surface area contributed by atoms with E-state index in [2.05, 4.69) is 53.7 Å². The SMILES string of the molecule is CCc1ccc(CC(CCc2ccncc2)NN)cc1. The smallest absolute Gasteiger partial charge is 0.0270 e. The summed E-state index contributed by atoms with van der Waals surface area (Å²) >= 11 is 0. The molecule has 0 bridgehead atoms. The van der Waals surface area contributed by atoms with E-state index in [0.717, 1.165) is 25.7 Å². The van der Waals surface area contributed by atoms with E-state index in [9.17, 15) is 0 Å². The molecule has 1 aromatic carbocycles. The van der Waals surface area contributed by atoms with Crippen LogP contribution in [0.15, 0.2) is 48.8 Å². The quantitative estimate of drug-likeness (QED) is 0.600. The fourth-order valence-electron chi connectivity index (χ4n) is 2.33. The van der Waals surface area contributed by atoms with Crippen LogP contribution >= 0.6 is 0 Å². The predicted molar refractivity (Wildman–Crippen MR) is 83.2 cm³/mol. The number of hydrogen-bond acceptors (Lipinski definition) is 3. The fourth-order valence-corrected chi connectivity index (χ4v) is 2.33. The van der Waals surface area contributed by atoms with Crippen LogP contribution in [0.5, 0.6) is 0 Å². The average molecular weight is 269 g/mol. The molecule has 1 heterocycles. The molecule has 0 aliphatic carbocycles. The number of rotatable bonds is 7. The number of pyridine rings is 1. The van der Waals surface area contributed by atoms with Crippen molar-refractivity contribution < 1.29 is 0 Å². The molecule has 3 heteroatoms. The Morgan fingerprint density at radius 3 is 2.25 bits per heavy atom. The van der Waals surface area contributed by atoms with Gasteiger partial charge in [-0.3, -0.25) is 16.3 Å². The maximum absolute atomic E-state index is 5.68. The lowest BCUT2D eigenvalue weighted by molar-refractivity contribution is 0.491. The van der Waals surface area contributed by atoms with Crippen molar-refractivity contribution in [1.82, 2.24) is 10.4 Å². The van der Waals surface area contributed by atoms with E-state index in [0.29, 0.717) is 6.04 Å². The zero-order chi connectivity index (χ0) is 14.2. The summed E-state index contributed by atoms with van der Waals surface area (Å²) in [7, 11) is 0. The molecule has 3 nitrogen and oxygen atoms in total. The van der Waals surface area contributed by atoms with E-state index in [1.54, 1.807) is 0 Å². The van der Waals surface area contributed by atoms with Gasteiger partial charge in [-0.15, -0.1) is 0 Å². The van der Waals surface area contributed by atoms with Crippen molar-refractivity contribution in [1.29, 1.82) is 0 Å². The molecular weight excluding hydrogens is 246 g/mol. The average Bonchev–Trinajstić information content (AvgIpc) is 2.53. The number of nitrogens with zero attached hydrogens (tertiary/aromatic N) is 1. The first-order chi connectivity index (χ1) is 9.81. The lowest BCUT2D eigenvalue weighted by atomic mass is 9.99. The number of benzene rings is 1. The van der Waals surface area contributed by atoms with Gasteiger partial charge < -0.3 is 0 Å². The van der Waals surface area contributed by atoms with Crippen LogP contribution in [-0.2, 0) is 19.3 Å². The Hall–Kier alpha value is -1.71. The number of hydrazine groups is 1. The summed E-state index contributed by atoms with van der Waals surface area (Å²) in [5.41, 5.74) is 6.95. The van der Waals surface area contributed by atoms with Gasteiger partial charge in [0.15, 0.2) is 0 Å². The highest BCUT2D eigenvalue weighted by molar-refractivity contribution is 5.23. The zero-order valence-corrected chi connectivity index (χ0v) is 12.0. The van der Waals surface area contributed by atoms with Crippen molar-refractivity contribution in [3.63, 3.8) is 0 Å². The Kier molecular flexibility index (Phi) is 5.71. The Morgan fingerprint density at radius 1 is 1.00 bits per heavy atom. The molecule has 20 heavy (non-hydrogen) atoms. The summed E-state index contributed by atoms with van der Waals surface area (Å²) < 4.78 is 0. The summed E-state index contributed by atoms with van der Waals surface area (Å²) in [6.45, 7) is 2.17. The molecule has 0 aliphatic heterocycles. The monoisotopic (exact) mass is 269 g/mol. The van der Waals surface area contributed by atoms with Gasteiger partial charge in [-0.2, -0.15) is 0 Å². The number of nitrogens with two attached hydrogens (primary N) is 1. The maximum atomic E-state index is 5.68. The van der Waals surface area contributed by atoms with Crippen LogP contribution < -0.4 is 11.3 Å². The summed E-state index contributed by atoms with van der Waals surface area (Å²) in [4.78, 5) is 4.04. The molecule has 106 valence electrons. The summed E-state index contributed by atoms with van der Waals surface area (Å²) in [6, 6.07) is 13.2. The van der Waals surface area contributed by atoms with Crippen LogP contribution in [0.25, 0.3) is 0 Å². The van der Waals surface area contributed by atoms with Crippen LogP contribution in [-0.4, -0.2) is 11.0 Å². The fraction of sp³-hybridized carbons (Fsp3) is 0.353. The molecule has 1 unspecified atom stereocenters. The molecule has 1 aromatic heterocycles. The minimum absolute atomic E-state index is 0.302. The molecule has 0 saturated carbocycles. The molecule has 2 rings (SSSR count). The van der Waals surface area contributed by atoms with Gasteiger partial charge in [0, 0.05) is 18.4 Å². The maximum Gasteiger partial charge on any atom is 0.0270 e. The second kappa shape index (κ2) is 7.78. The molecule has 0 fully saturated rings. The van der Waals surface area contributed by atoms with E-state index in [1.165, 1.54) is 16.7 Å². The summed E-state index contributed by atoms with van der Waals surface area (Å²) in [5, 5.41) is 0. The van der Waals surface area contributed by atoms with Crippen LogP contribution in [0.2, 0.25) is 0 Å². The molecule has 0 aliphatic rings. The van der Waals surface area contributed by atoms with Gasteiger partial charge in [0.2, 0.25) is 0 Å². The number of aryl methyl sites for hydroxylation is 2. The van der Waals surface area contributed by atoms with Gasteiger partial charge in [0.25, 0.3) is 0 Å². The largest absolute Gasteiger partial charge is 0.271 e. The van der Waals surface area contributed by atoms with Gasteiger partial charge in [0.05, 0.1) is 0 Å². The first-order valence-electron chi connectivity index (χ1n) is 7.24. The summed E-state index contributed by atoms with van der Waals surface area (Å²) in [6.07, 6.45) is 7.76. The highest BCUT2D eigenvalue weighted by atomic mass is 15.2. The van der Waals surface area contributed by atoms with Gasteiger partial charge >= 0.3 is 0 Å². The zero-order valence-electron chi connectivity index (χ0n) is 12.0. The Labute approximate surface area is 121 Å². The van der Waals surface area contributed by atoms with Gasteiger partial charge in [-0.1, -0.05) is 31.2 Å². The third-order valence-electron chi connectivity index (χ3n) is 3.68. The van der Waals surface area contributed by atoms with Crippen molar-refractivity contribution >= 4 is 0 Å². The predicted octanol–water partition coefficient (Wildman–Crippen LogP) is 2.65. The molecular formula is C17H23N3. The van der Waals surface area contributed by atoms with E-state index in [-0.39, 0.29) is 0 Å². The number of nitrogens with one attached hydrogen (secondary N) is 1. The van der Waals surface area contributed by atoms with Crippen molar-refractivity contribution in [3.05, 3.63) is 65.5 Å². The van der Waals surface area contributed by atoms with E-state index in [1.807, 2.05) is 12.4 Å². The van der Waals surface area contributed by atoms with Crippen LogP contribution in [0, 0.1) is 0 Å². The first kappa shape index (κ1) is 14.7. The molecule has 0 radical (unpaired) electrons. The highest BCUT2D eigenvalue weighted by Gasteiger charge is 2.08. The number of hydrogen-bond donors (Lipinski definition) is 2. The molecule has 1 atom stereocenters. The van der Waals surface area contributed by atoms with E-state index < -0.39 is 0 Å². The van der Waals surface area contributed by atoms with Gasteiger partial charge in [0.1, 0.15) is 0 Å². The Morgan fingerprint density at radius 2 is 1.65 bits per heavy atom. The van der Waals surface area contributed by atoms with E-state index >= 15 is 0 Å². The van der Waals surface area contributed by atoms with Crippen molar-refractivity contribution in [2.24, 2.45) is 5.84 Å². The standard InChI is InChI=1S/C17H23N3/c1-2-14-3-5-16(6-4-14)13-17(20-18)8-7-15-9-11-19-12-10-15/h3-6,9-12,17,20H,2,7-8,13,18H2,1H3. The highest BCUT2D eigenvalue weighted by Crippen LogP contribution is 2.11. The second-order valence-electron chi connectivity index (χ2n) is 5.13.